The lowest BCUT2D eigenvalue weighted by atomic mass is 9.99. The highest BCUT2D eigenvalue weighted by molar-refractivity contribution is 6.31. The highest BCUT2D eigenvalue weighted by Crippen LogP contribution is 2.54. The van der Waals surface area contributed by atoms with Crippen LogP contribution in [0.5, 0.6) is 0 Å². The molecule has 2 aromatic rings. The van der Waals surface area contributed by atoms with E-state index in [1.54, 1.807) is 6.07 Å². The third-order valence-corrected chi connectivity index (χ3v) is 4.43. The zero-order valence-corrected chi connectivity index (χ0v) is 12.1. The van der Waals surface area contributed by atoms with E-state index in [1.165, 1.54) is 17.7 Å². The second-order valence-corrected chi connectivity index (χ2v) is 5.76. The molecule has 104 valence electrons. The van der Waals surface area contributed by atoms with Crippen molar-refractivity contribution in [1.29, 1.82) is 0 Å². The van der Waals surface area contributed by atoms with Crippen LogP contribution in [-0.4, -0.2) is 7.05 Å². The Bertz CT molecular complexity index is 599. The molecule has 2 aromatic carbocycles. The van der Waals surface area contributed by atoms with Crippen LogP contribution in [0.25, 0.3) is 0 Å². The van der Waals surface area contributed by atoms with E-state index < -0.39 is 0 Å². The second kappa shape index (κ2) is 5.55. The van der Waals surface area contributed by atoms with Gasteiger partial charge in [-0.25, -0.2) is 4.39 Å². The Balaban J connectivity index is 1.82. The largest absolute Gasteiger partial charge is 0.313 e. The van der Waals surface area contributed by atoms with Crippen LogP contribution in [0, 0.1) is 11.7 Å². The van der Waals surface area contributed by atoms with Gasteiger partial charge in [-0.15, -0.1) is 0 Å². The van der Waals surface area contributed by atoms with Gasteiger partial charge in [-0.3, -0.25) is 0 Å². The van der Waals surface area contributed by atoms with Gasteiger partial charge in [0.05, 0.1) is 0 Å². The number of halogens is 2. The van der Waals surface area contributed by atoms with E-state index in [9.17, 15) is 4.39 Å². The smallest absolute Gasteiger partial charge is 0.124 e. The Morgan fingerprint density at radius 3 is 2.60 bits per heavy atom. The lowest BCUT2D eigenvalue weighted by Gasteiger charge is -2.18. The third-order valence-electron chi connectivity index (χ3n) is 4.10. The van der Waals surface area contributed by atoms with Crippen molar-refractivity contribution in [1.82, 2.24) is 5.32 Å². The van der Waals surface area contributed by atoms with Gasteiger partial charge < -0.3 is 5.32 Å². The molecule has 0 saturated heterocycles. The van der Waals surface area contributed by atoms with Gasteiger partial charge in [0.2, 0.25) is 0 Å². The van der Waals surface area contributed by atoms with Gasteiger partial charge in [-0.2, -0.15) is 0 Å². The van der Waals surface area contributed by atoms with Crippen LogP contribution in [0.1, 0.15) is 29.5 Å². The molecule has 3 heteroatoms. The summed E-state index contributed by atoms with van der Waals surface area (Å²) in [6.45, 7) is 0. The van der Waals surface area contributed by atoms with Gasteiger partial charge in [0.1, 0.15) is 5.82 Å². The van der Waals surface area contributed by atoms with Crippen molar-refractivity contribution in [2.24, 2.45) is 5.92 Å². The first-order chi connectivity index (χ1) is 9.70. The van der Waals surface area contributed by atoms with Crippen LogP contribution >= 0.6 is 11.6 Å². The molecule has 3 atom stereocenters. The van der Waals surface area contributed by atoms with Crippen LogP contribution in [0.2, 0.25) is 5.02 Å². The van der Waals surface area contributed by atoms with Gasteiger partial charge in [-0.05, 0) is 48.6 Å². The van der Waals surface area contributed by atoms with E-state index in [4.69, 9.17) is 11.6 Å². The van der Waals surface area contributed by atoms with Crippen molar-refractivity contribution in [2.75, 3.05) is 7.05 Å². The minimum Gasteiger partial charge on any atom is -0.313 e. The lowest BCUT2D eigenvalue weighted by Crippen LogP contribution is -2.19. The molecule has 0 bridgehead atoms. The SMILES string of the molecule is CNC(c1ccc(F)cc1Cl)C1CC1c1ccccc1. The minimum atomic E-state index is -0.288. The highest BCUT2D eigenvalue weighted by Gasteiger charge is 2.44. The number of rotatable bonds is 4. The van der Waals surface area contributed by atoms with Crippen LogP contribution in [0.15, 0.2) is 48.5 Å². The standard InChI is InChI=1S/C17H17ClFN/c1-20-17(13-8-7-12(19)9-16(13)18)15-10-14(15)11-5-3-2-4-6-11/h2-9,14-15,17,20H,10H2,1H3. The topological polar surface area (TPSA) is 12.0 Å². The summed E-state index contributed by atoms with van der Waals surface area (Å²) in [6, 6.07) is 15.4. The van der Waals surface area contributed by atoms with E-state index in [0.717, 1.165) is 12.0 Å². The second-order valence-electron chi connectivity index (χ2n) is 5.35. The molecule has 1 aliphatic carbocycles. The van der Waals surface area contributed by atoms with Crippen molar-refractivity contribution in [3.05, 3.63) is 70.5 Å². The maximum Gasteiger partial charge on any atom is 0.124 e. The molecule has 3 unspecified atom stereocenters. The molecule has 1 aliphatic rings. The van der Waals surface area contributed by atoms with Gasteiger partial charge in [0.15, 0.2) is 0 Å². The molecular formula is C17H17ClFN. The molecule has 0 aromatic heterocycles. The lowest BCUT2D eigenvalue weighted by molar-refractivity contribution is 0.516. The zero-order valence-electron chi connectivity index (χ0n) is 11.3. The summed E-state index contributed by atoms with van der Waals surface area (Å²) in [5.41, 5.74) is 2.36. The monoisotopic (exact) mass is 289 g/mol. The van der Waals surface area contributed by atoms with Crippen LogP contribution in [0.4, 0.5) is 4.39 Å². The molecule has 1 fully saturated rings. The Morgan fingerprint density at radius 2 is 1.95 bits per heavy atom. The summed E-state index contributed by atoms with van der Waals surface area (Å²) in [4.78, 5) is 0. The summed E-state index contributed by atoms with van der Waals surface area (Å²) in [6.07, 6.45) is 1.14. The van der Waals surface area contributed by atoms with Crippen molar-refractivity contribution in [3.8, 4) is 0 Å². The average molecular weight is 290 g/mol. The fourth-order valence-corrected chi connectivity index (χ4v) is 3.31. The van der Waals surface area contributed by atoms with E-state index in [1.807, 2.05) is 13.1 Å². The van der Waals surface area contributed by atoms with Crippen molar-refractivity contribution < 1.29 is 4.39 Å². The summed E-state index contributed by atoms with van der Waals surface area (Å²) in [5.74, 6) is 0.796. The van der Waals surface area contributed by atoms with Gasteiger partial charge in [-0.1, -0.05) is 48.0 Å². The van der Waals surface area contributed by atoms with Gasteiger partial charge in [0.25, 0.3) is 0 Å². The van der Waals surface area contributed by atoms with E-state index in [-0.39, 0.29) is 11.9 Å². The molecule has 0 aliphatic heterocycles. The maximum atomic E-state index is 13.2. The maximum absolute atomic E-state index is 13.2. The molecule has 3 rings (SSSR count). The van der Waals surface area contributed by atoms with E-state index in [0.29, 0.717) is 16.9 Å². The summed E-state index contributed by atoms with van der Waals surface area (Å²) in [5, 5.41) is 3.84. The normalized spacial score (nSPS) is 22.6. The Labute approximate surface area is 123 Å². The molecule has 20 heavy (non-hydrogen) atoms. The Morgan fingerprint density at radius 1 is 1.20 bits per heavy atom. The first-order valence-electron chi connectivity index (χ1n) is 6.88. The fourth-order valence-electron chi connectivity index (χ4n) is 3.02. The first-order valence-corrected chi connectivity index (χ1v) is 7.25. The number of hydrogen-bond donors (Lipinski definition) is 1. The molecule has 0 amide bonds. The van der Waals surface area contributed by atoms with Gasteiger partial charge in [0, 0.05) is 11.1 Å². The fraction of sp³-hybridized carbons (Fsp3) is 0.294. The molecule has 1 N–H and O–H groups in total. The molecule has 1 saturated carbocycles. The Hall–Kier alpha value is -1.38. The number of benzene rings is 2. The summed E-state index contributed by atoms with van der Waals surface area (Å²) < 4.78 is 13.2. The predicted octanol–water partition coefficient (Wildman–Crippen LogP) is 4.54. The van der Waals surface area contributed by atoms with Crippen molar-refractivity contribution in [3.63, 3.8) is 0 Å². The van der Waals surface area contributed by atoms with Crippen LogP contribution in [-0.2, 0) is 0 Å². The summed E-state index contributed by atoms with van der Waals surface area (Å²) >= 11 is 6.19. The van der Waals surface area contributed by atoms with Crippen molar-refractivity contribution in [2.45, 2.75) is 18.4 Å². The zero-order chi connectivity index (χ0) is 14.1. The molecule has 0 radical (unpaired) electrons. The Kier molecular flexibility index (Phi) is 3.77. The van der Waals surface area contributed by atoms with Crippen LogP contribution < -0.4 is 5.32 Å². The third kappa shape index (κ3) is 2.58. The average Bonchev–Trinajstić information content (AvgIpc) is 3.23. The molecular weight excluding hydrogens is 273 g/mol. The van der Waals surface area contributed by atoms with E-state index in [2.05, 4.69) is 29.6 Å². The number of hydrogen-bond acceptors (Lipinski definition) is 1. The van der Waals surface area contributed by atoms with E-state index >= 15 is 0 Å². The van der Waals surface area contributed by atoms with Crippen molar-refractivity contribution >= 4 is 11.6 Å². The summed E-state index contributed by atoms with van der Waals surface area (Å²) in [7, 11) is 1.94. The molecule has 1 nitrogen and oxygen atoms in total. The molecule has 0 spiro atoms. The minimum absolute atomic E-state index is 0.174. The number of nitrogens with one attached hydrogen (secondary N) is 1. The molecule has 0 heterocycles. The predicted molar refractivity (Wildman–Crippen MR) is 80.5 cm³/mol. The first kappa shape index (κ1) is 13.6. The van der Waals surface area contributed by atoms with Crippen LogP contribution in [0.3, 0.4) is 0 Å². The van der Waals surface area contributed by atoms with Gasteiger partial charge >= 0.3 is 0 Å². The quantitative estimate of drug-likeness (QED) is 0.871. The highest BCUT2D eigenvalue weighted by atomic mass is 35.5.